The fraction of sp³-hybridized carbons (Fsp3) is 0.294. The fourth-order valence-electron chi connectivity index (χ4n) is 1.99. The molecule has 2 nitrogen and oxygen atoms in total. The van der Waals surface area contributed by atoms with E-state index in [0.29, 0.717) is 11.5 Å². The average molecular weight is 305 g/mol. The summed E-state index contributed by atoms with van der Waals surface area (Å²) in [5.41, 5.74) is 2.38. The monoisotopic (exact) mass is 305 g/mol. The zero-order valence-electron chi connectivity index (χ0n) is 12.4. The maximum absolute atomic E-state index is 13.8. The summed E-state index contributed by atoms with van der Waals surface area (Å²) in [6.07, 6.45) is 0. The maximum Gasteiger partial charge on any atom is 0.137 e. The van der Waals surface area contributed by atoms with Gasteiger partial charge in [0.05, 0.1) is 6.61 Å². The Balaban J connectivity index is 2.13. The van der Waals surface area contributed by atoms with E-state index in [0.717, 1.165) is 18.0 Å². The van der Waals surface area contributed by atoms with Crippen molar-refractivity contribution in [3.05, 3.63) is 59.4 Å². The standard InChI is InChI=1S/C17H20FNOS/c1-13-7-8-16(14(11-13)12-19-9-10-20-2)21-17-6-4-3-5-15(17)18/h3-8,11,19H,9-10,12H2,1-2H3. The Morgan fingerprint density at radius 2 is 1.95 bits per heavy atom. The van der Waals surface area contributed by atoms with E-state index in [9.17, 15) is 4.39 Å². The molecule has 0 unspecified atom stereocenters. The highest BCUT2D eigenvalue weighted by Crippen LogP contribution is 2.32. The molecule has 0 aliphatic heterocycles. The Morgan fingerprint density at radius 1 is 1.14 bits per heavy atom. The van der Waals surface area contributed by atoms with E-state index in [2.05, 4.69) is 30.4 Å². The van der Waals surface area contributed by atoms with Crippen LogP contribution in [0.15, 0.2) is 52.3 Å². The van der Waals surface area contributed by atoms with Gasteiger partial charge in [0, 0.05) is 30.0 Å². The van der Waals surface area contributed by atoms with Crippen LogP contribution in [0.4, 0.5) is 4.39 Å². The van der Waals surface area contributed by atoms with Gasteiger partial charge < -0.3 is 10.1 Å². The lowest BCUT2D eigenvalue weighted by atomic mass is 10.1. The molecule has 0 heterocycles. The Bertz CT molecular complexity index is 589. The van der Waals surface area contributed by atoms with Crippen LogP contribution in [0.5, 0.6) is 0 Å². The summed E-state index contributed by atoms with van der Waals surface area (Å²) in [4.78, 5) is 1.73. The molecule has 2 rings (SSSR count). The molecule has 2 aromatic rings. The molecule has 0 amide bonds. The molecule has 0 spiro atoms. The number of halogens is 1. The SMILES string of the molecule is COCCNCc1cc(C)ccc1Sc1ccccc1F. The molecule has 0 saturated carbocycles. The summed E-state index contributed by atoms with van der Waals surface area (Å²) in [6.45, 7) is 4.30. The Kier molecular flexibility index (Phi) is 6.23. The van der Waals surface area contributed by atoms with Gasteiger partial charge in [-0.15, -0.1) is 0 Å². The molecule has 0 saturated heterocycles. The van der Waals surface area contributed by atoms with Crippen LogP contribution in [0.25, 0.3) is 0 Å². The molecule has 0 radical (unpaired) electrons. The number of benzene rings is 2. The zero-order valence-corrected chi connectivity index (χ0v) is 13.2. The third-order valence-corrected chi connectivity index (χ3v) is 4.24. The number of hydrogen-bond donors (Lipinski definition) is 1. The first-order valence-electron chi connectivity index (χ1n) is 6.92. The molecule has 0 bridgehead atoms. The van der Waals surface area contributed by atoms with Gasteiger partial charge in [-0.3, -0.25) is 0 Å². The summed E-state index contributed by atoms with van der Waals surface area (Å²) in [5, 5.41) is 3.34. The summed E-state index contributed by atoms with van der Waals surface area (Å²) in [5.74, 6) is -0.179. The molecule has 0 aliphatic carbocycles. The second kappa shape index (κ2) is 8.17. The number of hydrogen-bond acceptors (Lipinski definition) is 3. The lowest BCUT2D eigenvalue weighted by Crippen LogP contribution is -2.19. The van der Waals surface area contributed by atoms with E-state index in [1.807, 2.05) is 12.1 Å². The van der Waals surface area contributed by atoms with Crippen molar-refractivity contribution >= 4 is 11.8 Å². The van der Waals surface area contributed by atoms with Crippen LogP contribution >= 0.6 is 11.8 Å². The highest BCUT2D eigenvalue weighted by atomic mass is 32.2. The van der Waals surface area contributed by atoms with Crippen molar-refractivity contribution in [2.45, 2.75) is 23.3 Å². The van der Waals surface area contributed by atoms with Crippen LogP contribution in [-0.4, -0.2) is 20.3 Å². The predicted octanol–water partition coefficient (Wildman–Crippen LogP) is 4.02. The predicted molar refractivity (Wildman–Crippen MR) is 85.3 cm³/mol. The minimum Gasteiger partial charge on any atom is -0.383 e. The largest absolute Gasteiger partial charge is 0.383 e. The molecule has 0 aromatic heterocycles. The molecule has 21 heavy (non-hydrogen) atoms. The quantitative estimate of drug-likeness (QED) is 0.781. The van der Waals surface area contributed by atoms with Crippen LogP contribution < -0.4 is 5.32 Å². The molecule has 1 N–H and O–H groups in total. The second-order valence-electron chi connectivity index (χ2n) is 4.81. The number of ether oxygens (including phenoxy) is 1. The van der Waals surface area contributed by atoms with Crippen molar-refractivity contribution in [1.82, 2.24) is 5.32 Å². The van der Waals surface area contributed by atoms with Gasteiger partial charge in [0.2, 0.25) is 0 Å². The molecular formula is C17H20FNOS. The molecule has 0 fully saturated rings. The van der Waals surface area contributed by atoms with Crippen LogP contribution in [0, 0.1) is 12.7 Å². The van der Waals surface area contributed by atoms with Gasteiger partial charge >= 0.3 is 0 Å². The van der Waals surface area contributed by atoms with E-state index in [1.54, 1.807) is 13.2 Å². The molecule has 0 aliphatic rings. The Morgan fingerprint density at radius 3 is 2.71 bits per heavy atom. The number of nitrogens with one attached hydrogen (secondary N) is 1. The zero-order chi connectivity index (χ0) is 15.1. The first-order chi connectivity index (χ1) is 10.2. The molecule has 2 aromatic carbocycles. The van der Waals surface area contributed by atoms with E-state index in [-0.39, 0.29) is 5.82 Å². The Labute approximate surface area is 129 Å². The summed E-state index contributed by atoms with van der Waals surface area (Å²) < 4.78 is 18.8. The molecule has 4 heteroatoms. The highest BCUT2D eigenvalue weighted by molar-refractivity contribution is 7.99. The van der Waals surface area contributed by atoms with Gasteiger partial charge in [-0.2, -0.15) is 0 Å². The first-order valence-corrected chi connectivity index (χ1v) is 7.74. The summed E-state index contributed by atoms with van der Waals surface area (Å²) >= 11 is 1.47. The number of aryl methyl sites for hydroxylation is 1. The highest BCUT2D eigenvalue weighted by Gasteiger charge is 2.08. The molecular weight excluding hydrogens is 285 g/mol. The van der Waals surface area contributed by atoms with Gasteiger partial charge in [-0.05, 0) is 30.7 Å². The van der Waals surface area contributed by atoms with E-state index >= 15 is 0 Å². The summed E-state index contributed by atoms with van der Waals surface area (Å²) in [6, 6.07) is 13.1. The fourth-order valence-corrected chi connectivity index (χ4v) is 2.94. The smallest absolute Gasteiger partial charge is 0.137 e. The van der Waals surface area contributed by atoms with Gasteiger partial charge in [0.1, 0.15) is 5.82 Å². The van der Waals surface area contributed by atoms with Crippen LogP contribution in [0.1, 0.15) is 11.1 Å². The molecule has 0 atom stereocenters. The number of rotatable bonds is 7. The number of methoxy groups -OCH3 is 1. The van der Waals surface area contributed by atoms with Crippen molar-refractivity contribution in [3.63, 3.8) is 0 Å². The van der Waals surface area contributed by atoms with Crippen LogP contribution in [0.3, 0.4) is 0 Å². The lowest BCUT2D eigenvalue weighted by molar-refractivity contribution is 0.199. The van der Waals surface area contributed by atoms with E-state index in [4.69, 9.17) is 4.74 Å². The lowest BCUT2D eigenvalue weighted by Gasteiger charge is -2.12. The van der Waals surface area contributed by atoms with E-state index < -0.39 is 0 Å². The minimum atomic E-state index is -0.179. The normalized spacial score (nSPS) is 10.8. The second-order valence-corrected chi connectivity index (χ2v) is 5.90. The van der Waals surface area contributed by atoms with Crippen molar-refractivity contribution < 1.29 is 9.13 Å². The Hall–Kier alpha value is -1.36. The van der Waals surface area contributed by atoms with Gasteiger partial charge in [0.25, 0.3) is 0 Å². The van der Waals surface area contributed by atoms with Crippen molar-refractivity contribution in [3.8, 4) is 0 Å². The van der Waals surface area contributed by atoms with Crippen molar-refractivity contribution in [2.75, 3.05) is 20.3 Å². The summed E-state index contributed by atoms with van der Waals surface area (Å²) in [7, 11) is 1.69. The van der Waals surface area contributed by atoms with Crippen molar-refractivity contribution in [1.29, 1.82) is 0 Å². The average Bonchev–Trinajstić information content (AvgIpc) is 2.48. The maximum atomic E-state index is 13.8. The third-order valence-electron chi connectivity index (χ3n) is 3.07. The topological polar surface area (TPSA) is 21.3 Å². The van der Waals surface area contributed by atoms with Gasteiger partial charge in [0.15, 0.2) is 0 Å². The van der Waals surface area contributed by atoms with Gasteiger partial charge in [-0.1, -0.05) is 41.6 Å². The van der Waals surface area contributed by atoms with E-state index in [1.165, 1.54) is 29.0 Å². The van der Waals surface area contributed by atoms with Gasteiger partial charge in [-0.25, -0.2) is 4.39 Å². The van der Waals surface area contributed by atoms with Crippen LogP contribution in [-0.2, 0) is 11.3 Å². The first kappa shape index (κ1) is 16.0. The third kappa shape index (κ3) is 4.84. The minimum absolute atomic E-state index is 0.179. The van der Waals surface area contributed by atoms with Crippen molar-refractivity contribution in [2.24, 2.45) is 0 Å². The van der Waals surface area contributed by atoms with Crippen LogP contribution in [0.2, 0.25) is 0 Å². The molecule has 112 valence electrons.